The van der Waals surface area contributed by atoms with Crippen molar-refractivity contribution in [3.63, 3.8) is 0 Å². The first kappa shape index (κ1) is 14.4. The van der Waals surface area contributed by atoms with E-state index in [1.54, 1.807) is 4.90 Å². The number of carbonyl (C=O) groups excluding carboxylic acids is 2. The zero-order valence-corrected chi connectivity index (χ0v) is 11.8. The van der Waals surface area contributed by atoms with Gasteiger partial charge in [0.25, 0.3) is 0 Å². The normalized spacial score (nSPS) is 19.1. The largest absolute Gasteiger partial charge is 0.492 e. The Morgan fingerprint density at radius 2 is 2.00 bits per heavy atom. The first-order valence-electron chi connectivity index (χ1n) is 6.84. The van der Waals surface area contributed by atoms with Gasteiger partial charge >= 0.3 is 0 Å². The number of nitrogens with zero attached hydrogens (tertiary/aromatic N) is 1. The summed E-state index contributed by atoms with van der Waals surface area (Å²) in [7, 11) is 0. The van der Waals surface area contributed by atoms with Crippen molar-refractivity contribution in [2.45, 2.75) is 19.9 Å². The van der Waals surface area contributed by atoms with E-state index in [1.165, 1.54) is 0 Å². The SMILES string of the molecule is CC(C)C1C(=O)NCC(=O)N1CCOc1ccccc1. The van der Waals surface area contributed by atoms with Crippen LogP contribution in [0, 0.1) is 5.92 Å². The lowest BCUT2D eigenvalue weighted by molar-refractivity contribution is -0.147. The van der Waals surface area contributed by atoms with Gasteiger partial charge in [-0.15, -0.1) is 0 Å². The third-order valence-corrected chi connectivity index (χ3v) is 3.31. The second-order valence-electron chi connectivity index (χ2n) is 5.16. The topological polar surface area (TPSA) is 58.6 Å². The molecule has 0 bridgehead atoms. The maximum absolute atomic E-state index is 12.0. The van der Waals surface area contributed by atoms with E-state index in [1.807, 2.05) is 44.2 Å². The Morgan fingerprint density at radius 3 is 2.65 bits per heavy atom. The van der Waals surface area contributed by atoms with Gasteiger partial charge in [-0.1, -0.05) is 32.0 Å². The molecule has 108 valence electrons. The summed E-state index contributed by atoms with van der Waals surface area (Å²) in [5.74, 6) is 0.706. The van der Waals surface area contributed by atoms with Crippen molar-refractivity contribution >= 4 is 11.8 Å². The Hall–Kier alpha value is -2.04. The molecule has 1 aromatic carbocycles. The Kier molecular flexibility index (Phi) is 4.61. The van der Waals surface area contributed by atoms with Gasteiger partial charge < -0.3 is 15.0 Å². The number of hydrogen-bond donors (Lipinski definition) is 1. The molecule has 5 heteroatoms. The fraction of sp³-hybridized carbons (Fsp3) is 0.467. The van der Waals surface area contributed by atoms with Gasteiger partial charge in [0.05, 0.1) is 13.1 Å². The quantitative estimate of drug-likeness (QED) is 0.874. The predicted octanol–water partition coefficient (Wildman–Crippen LogP) is 1.05. The van der Waals surface area contributed by atoms with Crippen LogP contribution >= 0.6 is 0 Å². The molecule has 20 heavy (non-hydrogen) atoms. The molecule has 1 N–H and O–H groups in total. The third kappa shape index (κ3) is 3.29. The maximum atomic E-state index is 12.0. The molecule has 0 aliphatic carbocycles. The van der Waals surface area contributed by atoms with Crippen LogP contribution in [0.15, 0.2) is 30.3 Å². The minimum absolute atomic E-state index is 0.0556. The van der Waals surface area contributed by atoms with E-state index >= 15 is 0 Å². The van der Waals surface area contributed by atoms with Crippen molar-refractivity contribution < 1.29 is 14.3 Å². The van der Waals surface area contributed by atoms with Crippen molar-refractivity contribution in [1.29, 1.82) is 0 Å². The van der Waals surface area contributed by atoms with Crippen molar-refractivity contribution in [1.82, 2.24) is 10.2 Å². The van der Waals surface area contributed by atoms with Crippen LogP contribution in [0.1, 0.15) is 13.8 Å². The molecule has 1 saturated heterocycles. The molecule has 1 fully saturated rings. The Labute approximate surface area is 118 Å². The molecular weight excluding hydrogens is 256 g/mol. The van der Waals surface area contributed by atoms with Gasteiger partial charge in [0, 0.05) is 0 Å². The molecular formula is C15H20N2O3. The van der Waals surface area contributed by atoms with Crippen molar-refractivity contribution in [3.05, 3.63) is 30.3 Å². The van der Waals surface area contributed by atoms with Gasteiger partial charge in [0.2, 0.25) is 11.8 Å². The highest BCUT2D eigenvalue weighted by molar-refractivity contribution is 5.94. The van der Waals surface area contributed by atoms with Crippen LogP contribution in [0.3, 0.4) is 0 Å². The van der Waals surface area contributed by atoms with E-state index in [4.69, 9.17) is 4.74 Å². The summed E-state index contributed by atoms with van der Waals surface area (Å²) < 4.78 is 5.59. The molecule has 2 rings (SSSR count). The molecule has 1 heterocycles. The number of nitrogens with one attached hydrogen (secondary N) is 1. The van der Waals surface area contributed by atoms with E-state index in [2.05, 4.69) is 5.32 Å². The van der Waals surface area contributed by atoms with Crippen molar-refractivity contribution in [2.75, 3.05) is 19.7 Å². The number of hydrogen-bond acceptors (Lipinski definition) is 3. The highest BCUT2D eigenvalue weighted by Crippen LogP contribution is 2.15. The molecule has 0 saturated carbocycles. The predicted molar refractivity (Wildman–Crippen MR) is 75.3 cm³/mol. The molecule has 1 aliphatic rings. The molecule has 2 amide bonds. The second kappa shape index (κ2) is 6.41. The lowest BCUT2D eigenvalue weighted by atomic mass is 9.99. The molecule has 1 unspecified atom stereocenters. The van der Waals surface area contributed by atoms with Crippen molar-refractivity contribution in [3.8, 4) is 5.75 Å². The zero-order chi connectivity index (χ0) is 14.5. The Bertz CT molecular complexity index is 473. The summed E-state index contributed by atoms with van der Waals surface area (Å²) in [6.45, 7) is 4.76. The van der Waals surface area contributed by atoms with Crippen LogP contribution < -0.4 is 10.1 Å². The van der Waals surface area contributed by atoms with Crippen LogP contribution in [0.5, 0.6) is 5.75 Å². The highest BCUT2D eigenvalue weighted by atomic mass is 16.5. The molecule has 5 nitrogen and oxygen atoms in total. The number of ether oxygens (including phenoxy) is 1. The van der Waals surface area contributed by atoms with Crippen LogP contribution in [-0.4, -0.2) is 42.5 Å². The standard InChI is InChI=1S/C15H20N2O3/c1-11(2)14-15(19)16-10-13(18)17(14)8-9-20-12-6-4-3-5-7-12/h3-7,11,14H,8-10H2,1-2H3,(H,16,19). The first-order valence-corrected chi connectivity index (χ1v) is 6.84. The smallest absolute Gasteiger partial charge is 0.243 e. The third-order valence-electron chi connectivity index (χ3n) is 3.31. The van der Waals surface area contributed by atoms with E-state index in [0.717, 1.165) is 5.75 Å². The summed E-state index contributed by atoms with van der Waals surface area (Å²) in [6.07, 6.45) is 0. The molecule has 0 spiro atoms. The molecule has 0 radical (unpaired) electrons. The lowest BCUT2D eigenvalue weighted by Crippen LogP contribution is -2.60. The molecule has 1 aliphatic heterocycles. The maximum Gasteiger partial charge on any atom is 0.243 e. The van der Waals surface area contributed by atoms with Gasteiger partial charge in [-0.3, -0.25) is 9.59 Å². The number of para-hydroxylation sites is 1. The number of rotatable bonds is 5. The molecule has 0 aromatic heterocycles. The number of piperazine rings is 1. The molecule has 1 atom stereocenters. The van der Waals surface area contributed by atoms with E-state index in [-0.39, 0.29) is 24.3 Å². The van der Waals surface area contributed by atoms with Gasteiger partial charge in [-0.2, -0.15) is 0 Å². The summed E-state index contributed by atoms with van der Waals surface area (Å²) in [6, 6.07) is 9.03. The van der Waals surface area contributed by atoms with Gasteiger partial charge in [0.15, 0.2) is 0 Å². The van der Waals surface area contributed by atoms with Crippen LogP contribution in [0.2, 0.25) is 0 Å². The zero-order valence-electron chi connectivity index (χ0n) is 11.8. The first-order chi connectivity index (χ1) is 9.59. The minimum atomic E-state index is -0.407. The second-order valence-corrected chi connectivity index (χ2v) is 5.16. The fourth-order valence-electron chi connectivity index (χ4n) is 2.37. The highest BCUT2D eigenvalue weighted by Gasteiger charge is 2.36. The minimum Gasteiger partial charge on any atom is -0.492 e. The van der Waals surface area contributed by atoms with E-state index in [0.29, 0.717) is 13.2 Å². The average Bonchev–Trinajstić information content (AvgIpc) is 2.43. The summed E-state index contributed by atoms with van der Waals surface area (Å²) in [4.78, 5) is 25.4. The van der Waals surface area contributed by atoms with E-state index in [9.17, 15) is 9.59 Å². The summed E-state index contributed by atoms with van der Waals surface area (Å²) >= 11 is 0. The number of amides is 2. The van der Waals surface area contributed by atoms with Crippen LogP contribution in [0.25, 0.3) is 0 Å². The fourth-order valence-corrected chi connectivity index (χ4v) is 2.37. The van der Waals surface area contributed by atoms with Gasteiger partial charge in [0.1, 0.15) is 18.4 Å². The van der Waals surface area contributed by atoms with Crippen molar-refractivity contribution in [2.24, 2.45) is 5.92 Å². The number of carbonyl (C=O) groups is 2. The van der Waals surface area contributed by atoms with Crippen LogP contribution in [-0.2, 0) is 9.59 Å². The van der Waals surface area contributed by atoms with Gasteiger partial charge in [-0.05, 0) is 18.1 Å². The lowest BCUT2D eigenvalue weighted by Gasteiger charge is -2.37. The Balaban J connectivity index is 1.94. The van der Waals surface area contributed by atoms with Gasteiger partial charge in [-0.25, -0.2) is 0 Å². The molecule has 1 aromatic rings. The Morgan fingerprint density at radius 1 is 1.30 bits per heavy atom. The van der Waals surface area contributed by atoms with Crippen LogP contribution in [0.4, 0.5) is 0 Å². The number of benzene rings is 1. The monoisotopic (exact) mass is 276 g/mol. The van der Waals surface area contributed by atoms with E-state index < -0.39 is 6.04 Å². The summed E-state index contributed by atoms with van der Waals surface area (Å²) in [5, 5.41) is 2.63. The average molecular weight is 276 g/mol. The summed E-state index contributed by atoms with van der Waals surface area (Å²) in [5.41, 5.74) is 0.